The molecule has 0 saturated heterocycles. The summed E-state index contributed by atoms with van der Waals surface area (Å²) in [7, 11) is 1.12. The molecule has 2 rings (SSSR count). The van der Waals surface area contributed by atoms with E-state index in [1.807, 2.05) is 0 Å². The molecule has 0 aliphatic carbocycles. The maximum Gasteiger partial charge on any atom is 0.446 e. The second kappa shape index (κ2) is 6.76. The number of methoxy groups -OCH3 is 1. The molecular formula is C14H8ClF4NO2S. The first-order valence-electron chi connectivity index (χ1n) is 6.02. The lowest BCUT2D eigenvalue weighted by Gasteiger charge is -2.09. The van der Waals surface area contributed by atoms with Gasteiger partial charge in [-0.3, -0.25) is 0 Å². The molecule has 0 unspecified atom stereocenters. The molecular weight excluding hydrogens is 358 g/mol. The van der Waals surface area contributed by atoms with Crippen LogP contribution in [0.15, 0.2) is 35.2 Å². The van der Waals surface area contributed by atoms with Crippen LogP contribution in [0.5, 0.6) is 0 Å². The van der Waals surface area contributed by atoms with E-state index < -0.39 is 17.3 Å². The molecule has 0 radical (unpaired) electrons. The third kappa shape index (κ3) is 4.35. The molecule has 0 saturated carbocycles. The highest BCUT2D eigenvalue weighted by Crippen LogP contribution is 2.37. The molecule has 0 spiro atoms. The second-order valence-corrected chi connectivity index (χ2v) is 5.76. The number of esters is 1. The van der Waals surface area contributed by atoms with Gasteiger partial charge in [0.15, 0.2) is 11.5 Å². The van der Waals surface area contributed by atoms with Gasteiger partial charge in [-0.25, -0.2) is 14.2 Å². The molecule has 0 atom stereocenters. The number of rotatable bonds is 3. The smallest absolute Gasteiger partial charge is 0.446 e. The summed E-state index contributed by atoms with van der Waals surface area (Å²) in [4.78, 5) is 15.3. The van der Waals surface area contributed by atoms with Crippen LogP contribution < -0.4 is 0 Å². The average Bonchev–Trinajstić information content (AvgIpc) is 2.46. The summed E-state index contributed by atoms with van der Waals surface area (Å²) in [6.07, 6.45) is 0. The molecule has 9 heteroatoms. The summed E-state index contributed by atoms with van der Waals surface area (Å²) in [6.45, 7) is 0. The third-order valence-electron chi connectivity index (χ3n) is 2.67. The lowest BCUT2D eigenvalue weighted by molar-refractivity contribution is -0.0328. The predicted molar refractivity (Wildman–Crippen MR) is 77.9 cm³/mol. The van der Waals surface area contributed by atoms with E-state index in [2.05, 4.69) is 9.72 Å². The highest BCUT2D eigenvalue weighted by atomic mass is 35.5. The Kier molecular flexibility index (Phi) is 5.16. The summed E-state index contributed by atoms with van der Waals surface area (Å²) >= 11 is 5.44. The number of alkyl halides is 3. The molecule has 0 fully saturated rings. The van der Waals surface area contributed by atoms with Crippen molar-refractivity contribution in [2.24, 2.45) is 0 Å². The van der Waals surface area contributed by atoms with Gasteiger partial charge in [0.2, 0.25) is 0 Å². The number of pyridine rings is 1. The zero-order chi connectivity index (χ0) is 17.2. The summed E-state index contributed by atoms with van der Waals surface area (Å²) in [5.41, 5.74) is -4.70. The third-order valence-corrected chi connectivity index (χ3v) is 3.70. The van der Waals surface area contributed by atoms with E-state index in [9.17, 15) is 22.4 Å². The van der Waals surface area contributed by atoms with Crippen LogP contribution in [0.2, 0.25) is 5.02 Å². The van der Waals surface area contributed by atoms with Crippen LogP contribution >= 0.6 is 23.4 Å². The van der Waals surface area contributed by atoms with Crippen molar-refractivity contribution in [2.45, 2.75) is 10.4 Å². The molecule has 0 aliphatic heterocycles. The number of halogens is 5. The first-order chi connectivity index (χ1) is 10.7. The Hall–Kier alpha value is -1.80. The Morgan fingerprint density at radius 1 is 1.26 bits per heavy atom. The SMILES string of the molecule is COC(=O)c1nc(-c2ccc(SC(F)(F)F)cc2)c(F)cc1Cl. The molecule has 0 aliphatic rings. The fourth-order valence-corrected chi connectivity index (χ4v) is 2.48. The fourth-order valence-electron chi connectivity index (χ4n) is 1.72. The Morgan fingerprint density at radius 3 is 2.39 bits per heavy atom. The van der Waals surface area contributed by atoms with E-state index in [-0.39, 0.29) is 38.6 Å². The zero-order valence-corrected chi connectivity index (χ0v) is 13.0. The standard InChI is InChI=1S/C14H8ClF4NO2S/c1-22-13(21)12-9(15)6-10(16)11(20-12)7-2-4-8(5-3-7)23-14(17,18)19/h2-6H,1H3. The normalized spacial score (nSPS) is 11.4. The minimum atomic E-state index is -4.41. The quantitative estimate of drug-likeness (QED) is 0.439. The number of thioether (sulfide) groups is 1. The zero-order valence-electron chi connectivity index (χ0n) is 11.4. The van der Waals surface area contributed by atoms with E-state index in [1.54, 1.807) is 0 Å². The fraction of sp³-hybridized carbons (Fsp3) is 0.143. The topological polar surface area (TPSA) is 39.2 Å². The second-order valence-electron chi connectivity index (χ2n) is 4.21. The summed E-state index contributed by atoms with van der Waals surface area (Å²) in [5, 5.41) is -0.220. The highest BCUT2D eigenvalue weighted by molar-refractivity contribution is 8.00. The molecule has 0 N–H and O–H groups in total. The monoisotopic (exact) mass is 365 g/mol. The van der Waals surface area contributed by atoms with Crippen LogP contribution in [-0.4, -0.2) is 23.6 Å². The van der Waals surface area contributed by atoms with Gasteiger partial charge in [-0.05, 0) is 30.0 Å². The maximum atomic E-state index is 14.0. The molecule has 122 valence electrons. The van der Waals surface area contributed by atoms with Crippen LogP contribution in [0, 0.1) is 5.82 Å². The number of carbonyl (C=O) groups is 1. The first kappa shape index (κ1) is 17.6. The van der Waals surface area contributed by atoms with E-state index in [0.29, 0.717) is 0 Å². The van der Waals surface area contributed by atoms with Crippen molar-refractivity contribution in [1.29, 1.82) is 0 Å². The van der Waals surface area contributed by atoms with Crippen molar-refractivity contribution in [3.63, 3.8) is 0 Å². The van der Waals surface area contributed by atoms with Gasteiger partial charge in [-0.2, -0.15) is 13.2 Å². The summed E-state index contributed by atoms with van der Waals surface area (Å²) in [6, 6.07) is 5.81. The van der Waals surface area contributed by atoms with E-state index in [0.717, 1.165) is 13.2 Å². The van der Waals surface area contributed by atoms with Gasteiger partial charge in [0.05, 0.1) is 12.1 Å². The van der Waals surface area contributed by atoms with Crippen LogP contribution in [0.25, 0.3) is 11.3 Å². The number of hydrogen-bond donors (Lipinski definition) is 0. The minimum absolute atomic E-state index is 0.0520. The van der Waals surface area contributed by atoms with Crippen molar-refractivity contribution in [2.75, 3.05) is 7.11 Å². The molecule has 0 bridgehead atoms. The Morgan fingerprint density at radius 2 is 1.87 bits per heavy atom. The Labute approximate surface area is 137 Å². The molecule has 0 amide bonds. The predicted octanol–water partition coefficient (Wildman–Crippen LogP) is 4.94. The van der Waals surface area contributed by atoms with Crippen molar-refractivity contribution < 1.29 is 27.1 Å². The van der Waals surface area contributed by atoms with Crippen molar-refractivity contribution in [3.05, 3.63) is 46.9 Å². The van der Waals surface area contributed by atoms with Crippen molar-refractivity contribution >= 4 is 29.3 Å². The van der Waals surface area contributed by atoms with Crippen molar-refractivity contribution in [1.82, 2.24) is 4.98 Å². The lowest BCUT2D eigenvalue weighted by atomic mass is 10.1. The molecule has 3 nitrogen and oxygen atoms in total. The van der Waals surface area contributed by atoms with E-state index in [1.165, 1.54) is 24.3 Å². The molecule has 1 aromatic carbocycles. The first-order valence-corrected chi connectivity index (χ1v) is 7.21. The Bertz CT molecular complexity index is 735. The van der Waals surface area contributed by atoms with Gasteiger partial charge < -0.3 is 4.74 Å². The van der Waals surface area contributed by atoms with Gasteiger partial charge in [0.25, 0.3) is 0 Å². The van der Waals surface area contributed by atoms with Crippen LogP contribution in [0.4, 0.5) is 17.6 Å². The summed E-state index contributed by atoms with van der Waals surface area (Å²) < 4.78 is 55.3. The molecule has 1 heterocycles. The largest absolute Gasteiger partial charge is 0.464 e. The van der Waals surface area contributed by atoms with Crippen molar-refractivity contribution in [3.8, 4) is 11.3 Å². The number of nitrogens with zero attached hydrogens (tertiary/aromatic N) is 1. The number of benzene rings is 1. The van der Waals surface area contributed by atoms with Gasteiger partial charge in [-0.15, -0.1) is 0 Å². The molecule has 1 aromatic heterocycles. The molecule has 23 heavy (non-hydrogen) atoms. The summed E-state index contributed by atoms with van der Waals surface area (Å²) in [5.74, 6) is -1.65. The highest BCUT2D eigenvalue weighted by Gasteiger charge is 2.29. The number of hydrogen-bond acceptors (Lipinski definition) is 4. The lowest BCUT2D eigenvalue weighted by Crippen LogP contribution is -2.07. The Balaban J connectivity index is 2.40. The average molecular weight is 366 g/mol. The van der Waals surface area contributed by atoms with E-state index >= 15 is 0 Å². The number of carbonyl (C=O) groups excluding carboxylic acids is 1. The van der Waals surface area contributed by atoms with Crippen LogP contribution in [-0.2, 0) is 4.74 Å². The number of ether oxygens (including phenoxy) is 1. The van der Waals surface area contributed by atoms with Gasteiger partial charge in [-0.1, -0.05) is 23.7 Å². The number of aromatic nitrogens is 1. The van der Waals surface area contributed by atoms with Gasteiger partial charge >= 0.3 is 11.5 Å². The van der Waals surface area contributed by atoms with Gasteiger partial charge in [0, 0.05) is 10.5 Å². The van der Waals surface area contributed by atoms with Gasteiger partial charge in [0.1, 0.15) is 5.69 Å². The van der Waals surface area contributed by atoms with Crippen LogP contribution in [0.1, 0.15) is 10.5 Å². The maximum absolute atomic E-state index is 14.0. The van der Waals surface area contributed by atoms with Crippen LogP contribution in [0.3, 0.4) is 0 Å². The molecule has 2 aromatic rings. The minimum Gasteiger partial charge on any atom is -0.464 e. The van der Waals surface area contributed by atoms with E-state index in [4.69, 9.17) is 11.6 Å².